The Balaban J connectivity index is 1.34. The predicted molar refractivity (Wildman–Crippen MR) is 157 cm³/mol. The average Bonchev–Trinajstić information content (AvgIpc) is 3.76. The summed E-state index contributed by atoms with van der Waals surface area (Å²) in [6.07, 6.45) is 5.26. The third-order valence-corrected chi connectivity index (χ3v) is 9.24. The molecule has 1 amide bonds. The van der Waals surface area contributed by atoms with Gasteiger partial charge >= 0.3 is 11.9 Å². The highest BCUT2D eigenvalue weighted by atomic mass is 16.6. The number of rotatable bonds is 7. The molecule has 7 heteroatoms. The van der Waals surface area contributed by atoms with Crippen LogP contribution in [0, 0.1) is 5.92 Å². The van der Waals surface area contributed by atoms with E-state index < -0.39 is 11.0 Å². The Kier molecular flexibility index (Phi) is 7.32. The summed E-state index contributed by atoms with van der Waals surface area (Å²) >= 11 is 0. The lowest BCUT2D eigenvalue weighted by atomic mass is 9.55. The zero-order valence-electron chi connectivity index (χ0n) is 23.9. The normalized spacial score (nSPS) is 26.1. The molecule has 1 N–H and O–H groups in total. The Morgan fingerprint density at radius 3 is 2.46 bits per heavy atom. The van der Waals surface area contributed by atoms with E-state index in [1.807, 2.05) is 54.6 Å². The summed E-state index contributed by atoms with van der Waals surface area (Å²) in [5, 5.41) is 5.44. The average molecular weight is 555 g/mol. The van der Waals surface area contributed by atoms with Crippen LogP contribution in [0.25, 0.3) is 10.8 Å². The van der Waals surface area contributed by atoms with Crippen molar-refractivity contribution in [3.63, 3.8) is 0 Å². The third-order valence-electron chi connectivity index (χ3n) is 9.24. The van der Waals surface area contributed by atoms with Crippen molar-refractivity contribution in [2.45, 2.75) is 69.4 Å². The number of carbonyl (C=O) groups is 3. The van der Waals surface area contributed by atoms with Crippen molar-refractivity contribution in [3.05, 3.63) is 77.9 Å². The van der Waals surface area contributed by atoms with Gasteiger partial charge in [-0.3, -0.25) is 19.3 Å². The van der Waals surface area contributed by atoms with Gasteiger partial charge in [-0.05, 0) is 91.6 Å². The Bertz CT molecular complexity index is 1480. The maximum atomic E-state index is 13.5. The molecule has 2 aliphatic carbocycles. The standard InChI is InChI=1S/C34H38N2O5/c1-23(37)40-31-9-5-8-29(19-31)33-16-17-36(21-25-10-11-25)22-34(33,41-24(2)38)15-14-30(20-33)35-32(39)28-13-12-26-6-3-4-7-27(26)18-28/h3-9,12-13,18-19,25,30H,10-11,14-17,20-22H2,1-2H3,(H,35,39)/t30-,33-,34-/m0/s1. The van der Waals surface area contributed by atoms with Gasteiger partial charge in [-0.1, -0.05) is 42.5 Å². The number of carbonyl (C=O) groups excluding carboxylic acids is 3. The van der Waals surface area contributed by atoms with E-state index in [2.05, 4.69) is 16.3 Å². The second kappa shape index (κ2) is 10.9. The molecule has 3 aromatic carbocycles. The van der Waals surface area contributed by atoms with E-state index in [0.717, 1.165) is 41.8 Å². The number of likely N-dealkylation sites (tertiary alicyclic amines) is 1. The monoisotopic (exact) mass is 554 g/mol. The van der Waals surface area contributed by atoms with E-state index in [1.165, 1.54) is 26.7 Å². The zero-order chi connectivity index (χ0) is 28.6. The molecular weight excluding hydrogens is 516 g/mol. The number of nitrogens with zero attached hydrogens (tertiary/aromatic N) is 1. The fourth-order valence-electron chi connectivity index (χ4n) is 7.25. The van der Waals surface area contributed by atoms with Crippen LogP contribution in [0.3, 0.4) is 0 Å². The zero-order valence-corrected chi connectivity index (χ0v) is 23.9. The number of hydrogen-bond donors (Lipinski definition) is 1. The molecule has 2 saturated carbocycles. The molecule has 0 unspecified atom stereocenters. The van der Waals surface area contributed by atoms with Crippen molar-refractivity contribution < 1.29 is 23.9 Å². The molecule has 214 valence electrons. The molecule has 0 radical (unpaired) electrons. The molecule has 1 aliphatic heterocycles. The first-order valence-electron chi connectivity index (χ1n) is 14.8. The van der Waals surface area contributed by atoms with E-state index in [0.29, 0.717) is 37.1 Å². The highest BCUT2D eigenvalue weighted by Crippen LogP contribution is 2.54. The molecule has 0 bridgehead atoms. The van der Waals surface area contributed by atoms with Crippen LogP contribution in [-0.4, -0.2) is 54.0 Å². The van der Waals surface area contributed by atoms with Crippen molar-refractivity contribution in [1.29, 1.82) is 0 Å². The van der Waals surface area contributed by atoms with Crippen molar-refractivity contribution in [3.8, 4) is 5.75 Å². The summed E-state index contributed by atoms with van der Waals surface area (Å²) in [6.45, 7) is 5.44. The molecule has 3 fully saturated rings. The van der Waals surface area contributed by atoms with Crippen molar-refractivity contribution in [1.82, 2.24) is 10.2 Å². The van der Waals surface area contributed by atoms with Gasteiger partial charge in [-0.25, -0.2) is 0 Å². The molecule has 3 aliphatic rings. The van der Waals surface area contributed by atoms with E-state index in [-0.39, 0.29) is 23.9 Å². The van der Waals surface area contributed by atoms with Gasteiger partial charge in [0.1, 0.15) is 11.4 Å². The highest BCUT2D eigenvalue weighted by Gasteiger charge is 2.61. The number of benzene rings is 3. The van der Waals surface area contributed by atoms with E-state index in [9.17, 15) is 14.4 Å². The number of ether oxygens (including phenoxy) is 2. The summed E-state index contributed by atoms with van der Waals surface area (Å²) in [4.78, 5) is 40.4. The van der Waals surface area contributed by atoms with Crippen LogP contribution in [0.15, 0.2) is 66.7 Å². The Labute approximate surface area is 241 Å². The maximum absolute atomic E-state index is 13.5. The van der Waals surface area contributed by atoms with Crippen molar-refractivity contribution in [2.75, 3.05) is 19.6 Å². The second-order valence-electron chi connectivity index (χ2n) is 12.2. The van der Waals surface area contributed by atoms with Gasteiger partial charge in [0.15, 0.2) is 0 Å². The third kappa shape index (κ3) is 5.60. The quantitative estimate of drug-likeness (QED) is 0.311. The fourth-order valence-corrected chi connectivity index (χ4v) is 7.25. The minimum Gasteiger partial charge on any atom is -0.457 e. The second-order valence-corrected chi connectivity index (χ2v) is 12.2. The first-order valence-corrected chi connectivity index (χ1v) is 14.8. The number of amides is 1. The van der Waals surface area contributed by atoms with Crippen LogP contribution in [-0.2, 0) is 19.7 Å². The Hall–Kier alpha value is -3.71. The lowest BCUT2D eigenvalue weighted by Crippen LogP contribution is -2.68. The smallest absolute Gasteiger partial charge is 0.308 e. The summed E-state index contributed by atoms with van der Waals surface area (Å²) in [7, 11) is 0. The summed E-state index contributed by atoms with van der Waals surface area (Å²) in [5.74, 6) is 0.424. The number of piperidine rings is 1. The van der Waals surface area contributed by atoms with Crippen molar-refractivity contribution in [2.24, 2.45) is 5.92 Å². The molecule has 0 spiro atoms. The SMILES string of the molecule is CC(=O)Oc1cccc([C@@]23CCN(CC4CC4)C[C@@]2(OC(C)=O)CC[C@H](NC(=O)c2ccc4ccccc4c2)C3)c1. The highest BCUT2D eigenvalue weighted by molar-refractivity contribution is 5.98. The molecule has 3 aromatic rings. The van der Waals surface area contributed by atoms with Crippen LogP contribution in [0.4, 0.5) is 0 Å². The summed E-state index contributed by atoms with van der Waals surface area (Å²) in [5.41, 5.74) is 0.318. The number of fused-ring (bicyclic) bond motifs is 2. The van der Waals surface area contributed by atoms with E-state index in [4.69, 9.17) is 9.47 Å². The minimum atomic E-state index is -0.745. The maximum Gasteiger partial charge on any atom is 0.308 e. The topological polar surface area (TPSA) is 84.9 Å². The fraction of sp³-hybridized carbons (Fsp3) is 0.441. The van der Waals surface area contributed by atoms with Gasteiger partial charge in [0, 0.05) is 44.0 Å². The molecule has 6 rings (SSSR count). The van der Waals surface area contributed by atoms with Crippen LogP contribution in [0.2, 0.25) is 0 Å². The minimum absolute atomic E-state index is 0.101. The number of nitrogens with one attached hydrogen (secondary N) is 1. The van der Waals surface area contributed by atoms with Crippen LogP contribution in [0.5, 0.6) is 5.75 Å². The number of esters is 2. The van der Waals surface area contributed by atoms with Gasteiger partial charge in [-0.2, -0.15) is 0 Å². The molecule has 41 heavy (non-hydrogen) atoms. The molecule has 1 saturated heterocycles. The lowest BCUT2D eigenvalue weighted by Gasteiger charge is -2.59. The first kappa shape index (κ1) is 27.5. The van der Waals surface area contributed by atoms with Gasteiger partial charge in [-0.15, -0.1) is 0 Å². The van der Waals surface area contributed by atoms with Gasteiger partial charge in [0.25, 0.3) is 5.91 Å². The molecule has 1 heterocycles. The van der Waals surface area contributed by atoms with Gasteiger partial charge in [0.2, 0.25) is 0 Å². The first-order chi connectivity index (χ1) is 19.7. The largest absolute Gasteiger partial charge is 0.457 e. The lowest BCUT2D eigenvalue weighted by molar-refractivity contribution is -0.186. The molecule has 7 nitrogen and oxygen atoms in total. The Morgan fingerprint density at radius 2 is 1.71 bits per heavy atom. The Morgan fingerprint density at radius 1 is 0.902 bits per heavy atom. The van der Waals surface area contributed by atoms with E-state index >= 15 is 0 Å². The van der Waals surface area contributed by atoms with Gasteiger partial charge in [0.05, 0.1) is 0 Å². The van der Waals surface area contributed by atoms with Crippen LogP contribution in [0.1, 0.15) is 68.3 Å². The molecule has 3 atom stereocenters. The molecular formula is C34H38N2O5. The molecule has 0 aromatic heterocycles. The van der Waals surface area contributed by atoms with Crippen molar-refractivity contribution >= 4 is 28.6 Å². The number of hydrogen-bond acceptors (Lipinski definition) is 6. The van der Waals surface area contributed by atoms with Crippen LogP contribution >= 0.6 is 0 Å². The summed E-state index contributed by atoms with van der Waals surface area (Å²) < 4.78 is 11.9. The van der Waals surface area contributed by atoms with Crippen LogP contribution < -0.4 is 10.1 Å². The van der Waals surface area contributed by atoms with Gasteiger partial charge < -0.3 is 14.8 Å². The summed E-state index contributed by atoms with van der Waals surface area (Å²) in [6, 6.07) is 21.3. The predicted octanol–water partition coefficient (Wildman–Crippen LogP) is 5.40. The van der Waals surface area contributed by atoms with E-state index in [1.54, 1.807) is 6.07 Å².